The van der Waals surface area contributed by atoms with Gasteiger partial charge in [0.1, 0.15) is 5.75 Å². The molecular formula is C29H22BrN3O2. The molecule has 0 fully saturated rings. The van der Waals surface area contributed by atoms with Crippen LogP contribution in [-0.4, -0.2) is 23.0 Å². The molecule has 5 nitrogen and oxygen atoms in total. The first-order chi connectivity index (χ1) is 17.1. The number of fused-ring (bicyclic) bond motifs is 1. The van der Waals surface area contributed by atoms with Gasteiger partial charge in [-0.05, 0) is 62.3 Å². The van der Waals surface area contributed by atoms with E-state index in [2.05, 4.69) is 43.3 Å². The Labute approximate surface area is 212 Å². The van der Waals surface area contributed by atoms with Crippen LogP contribution in [-0.2, 0) is 6.54 Å². The third-order valence-electron chi connectivity index (χ3n) is 5.87. The summed E-state index contributed by atoms with van der Waals surface area (Å²) in [6.07, 6.45) is 5.33. The maximum absolute atomic E-state index is 13.3. The molecule has 5 rings (SSSR count). The van der Waals surface area contributed by atoms with Crippen molar-refractivity contribution in [2.75, 3.05) is 7.11 Å². The van der Waals surface area contributed by atoms with Gasteiger partial charge in [-0.1, -0.05) is 54.6 Å². The molecular weight excluding hydrogens is 502 g/mol. The molecule has 3 aromatic carbocycles. The largest absolute Gasteiger partial charge is 0.497 e. The van der Waals surface area contributed by atoms with E-state index in [0.717, 1.165) is 43.2 Å². The van der Waals surface area contributed by atoms with Crippen molar-refractivity contribution in [1.29, 1.82) is 0 Å². The number of hydrogen-bond donors (Lipinski definition) is 1. The number of nitrogens with one attached hydrogen (secondary N) is 1. The van der Waals surface area contributed by atoms with Gasteiger partial charge in [0.25, 0.3) is 5.91 Å². The molecule has 2 heterocycles. The molecule has 1 amide bonds. The number of amides is 1. The van der Waals surface area contributed by atoms with Gasteiger partial charge in [0, 0.05) is 40.6 Å². The predicted octanol–water partition coefficient (Wildman–Crippen LogP) is 6.66. The average Bonchev–Trinajstić information content (AvgIpc) is 2.92. The van der Waals surface area contributed by atoms with Crippen LogP contribution in [0.25, 0.3) is 33.2 Å². The number of ether oxygens (including phenoxy) is 1. The third-order valence-corrected chi connectivity index (χ3v) is 6.31. The van der Waals surface area contributed by atoms with Crippen LogP contribution in [0.15, 0.2) is 102 Å². The number of nitrogens with zero attached hydrogens (tertiary/aromatic N) is 2. The van der Waals surface area contributed by atoms with Crippen LogP contribution in [0.3, 0.4) is 0 Å². The molecule has 5 aromatic rings. The Morgan fingerprint density at radius 2 is 1.74 bits per heavy atom. The highest BCUT2D eigenvalue weighted by Gasteiger charge is 2.16. The second kappa shape index (κ2) is 10.1. The molecule has 1 N–H and O–H groups in total. The summed E-state index contributed by atoms with van der Waals surface area (Å²) in [4.78, 5) is 22.1. The van der Waals surface area contributed by atoms with Crippen molar-refractivity contribution in [3.8, 4) is 28.1 Å². The Hall–Kier alpha value is -4.03. The van der Waals surface area contributed by atoms with Crippen LogP contribution in [0.4, 0.5) is 0 Å². The van der Waals surface area contributed by atoms with Crippen LogP contribution in [0, 0.1) is 0 Å². The monoisotopic (exact) mass is 523 g/mol. The van der Waals surface area contributed by atoms with Gasteiger partial charge in [-0.15, -0.1) is 0 Å². The summed E-state index contributed by atoms with van der Waals surface area (Å²) in [5.41, 5.74) is 5.18. The van der Waals surface area contributed by atoms with Crippen molar-refractivity contribution in [3.05, 3.63) is 113 Å². The molecule has 2 aromatic heterocycles. The highest BCUT2D eigenvalue weighted by molar-refractivity contribution is 9.10. The van der Waals surface area contributed by atoms with Gasteiger partial charge in [-0.3, -0.25) is 14.8 Å². The fourth-order valence-corrected chi connectivity index (χ4v) is 4.49. The number of halogens is 1. The topological polar surface area (TPSA) is 64.1 Å². The van der Waals surface area contributed by atoms with Crippen LogP contribution in [0.2, 0.25) is 0 Å². The fraction of sp³-hybridized carbons (Fsp3) is 0.0690. The van der Waals surface area contributed by atoms with Crippen molar-refractivity contribution in [2.45, 2.75) is 6.54 Å². The van der Waals surface area contributed by atoms with E-state index in [-0.39, 0.29) is 5.91 Å². The molecule has 0 saturated carbocycles. The first-order valence-corrected chi connectivity index (χ1v) is 11.9. The number of pyridine rings is 2. The van der Waals surface area contributed by atoms with Crippen LogP contribution in [0.1, 0.15) is 15.9 Å². The van der Waals surface area contributed by atoms with Crippen molar-refractivity contribution in [3.63, 3.8) is 0 Å². The van der Waals surface area contributed by atoms with E-state index in [1.54, 1.807) is 25.6 Å². The quantitative estimate of drug-likeness (QED) is 0.270. The van der Waals surface area contributed by atoms with Crippen molar-refractivity contribution < 1.29 is 9.53 Å². The molecule has 0 saturated heterocycles. The molecule has 35 heavy (non-hydrogen) atoms. The van der Waals surface area contributed by atoms with E-state index in [0.29, 0.717) is 17.8 Å². The zero-order valence-electron chi connectivity index (χ0n) is 19.0. The fourth-order valence-electron chi connectivity index (χ4n) is 4.15. The van der Waals surface area contributed by atoms with Gasteiger partial charge in [-0.2, -0.15) is 0 Å². The summed E-state index contributed by atoms with van der Waals surface area (Å²) < 4.78 is 6.15. The van der Waals surface area contributed by atoms with Crippen LogP contribution in [0.5, 0.6) is 5.75 Å². The maximum Gasteiger partial charge on any atom is 0.253 e. The molecule has 0 unspecified atom stereocenters. The van der Waals surface area contributed by atoms with E-state index in [4.69, 9.17) is 4.74 Å². The van der Waals surface area contributed by atoms with Gasteiger partial charge in [0.15, 0.2) is 0 Å². The first-order valence-electron chi connectivity index (χ1n) is 11.1. The first kappa shape index (κ1) is 22.7. The molecule has 0 radical (unpaired) electrons. The van der Waals surface area contributed by atoms with Gasteiger partial charge in [-0.25, -0.2) is 0 Å². The number of carbonyl (C=O) groups excluding carboxylic acids is 1. The van der Waals surface area contributed by atoms with E-state index < -0.39 is 0 Å². The third kappa shape index (κ3) is 4.79. The Kier molecular flexibility index (Phi) is 6.55. The smallest absolute Gasteiger partial charge is 0.253 e. The maximum atomic E-state index is 13.3. The summed E-state index contributed by atoms with van der Waals surface area (Å²) in [6.45, 7) is 0.361. The molecule has 0 aliphatic rings. The number of benzene rings is 3. The lowest BCUT2D eigenvalue weighted by Crippen LogP contribution is -2.24. The summed E-state index contributed by atoms with van der Waals surface area (Å²) in [6, 6.07) is 25.6. The molecule has 6 heteroatoms. The number of hydrogen-bond acceptors (Lipinski definition) is 4. The molecule has 172 valence electrons. The minimum atomic E-state index is -0.188. The Morgan fingerprint density at radius 1 is 0.914 bits per heavy atom. The van der Waals surface area contributed by atoms with E-state index >= 15 is 0 Å². The Morgan fingerprint density at radius 3 is 2.57 bits per heavy atom. The number of aromatic nitrogens is 2. The van der Waals surface area contributed by atoms with Crippen LogP contribution >= 0.6 is 15.9 Å². The number of rotatable bonds is 6. The van der Waals surface area contributed by atoms with Crippen LogP contribution < -0.4 is 10.1 Å². The summed E-state index contributed by atoms with van der Waals surface area (Å²) in [7, 11) is 1.66. The highest BCUT2D eigenvalue weighted by atomic mass is 79.9. The van der Waals surface area contributed by atoms with Crippen molar-refractivity contribution in [1.82, 2.24) is 15.3 Å². The standard InChI is InChI=1S/C29H22BrN3O2/c1-35-23-9-5-8-20(14-23)24-11-10-21(27-18-31-13-12-25(24)27)16-33-29(34)26-15-22(30)17-32-28(26)19-6-3-2-4-7-19/h2-15,17-18H,16H2,1H3,(H,33,34). The molecule has 0 aliphatic heterocycles. The second-order valence-corrected chi connectivity index (χ2v) is 8.94. The molecule has 0 aliphatic carbocycles. The second-order valence-electron chi connectivity index (χ2n) is 8.02. The molecule has 0 bridgehead atoms. The van der Waals surface area contributed by atoms with Crippen molar-refractivity contribution >= 4 is 32.6 Å². The minimum Gasteiger partial charge on any atom is -0.497 e. The zero-order chi connectivity index (χ0) is 24.2. The van der Waals surface area contributed by atoms with Gasteiger partial charge >= 0.3 is 0 Å². The van der Waals surface area contributed by atoms with E-state index in [1.165, 1.54) is 0 Å². The zero-order valence-corrected chi connectivity index (χ0v) is 20.6. The van der Waals surface area contributed by atoms with E-state index in [1.807, 2.05) is 66.9 Å². The average molecular weight is 524 g/mol. The lowest BCUT2D eigenvalue weighted by Gasteiger charge is -2.14. The highest BCUT2D eigenvalue weighted by Crippen LogP contribution is 2.32. The van der Waals surface area contributed by atoms with Gasteiger partial charge in [0.2, 0.25) is 0 Å². The van der Waals surface area contributed by atoms with Gasteiger partial charge < -0.3 is 10.1 Å². The number of methoxy groups -OCH3 is 1. The lowest BCUT2D eigenvalue weighted by atomic mass is 9.96. The molecule has 0 atom stereocenters. The normalized spacial score (nSPS) is 10.8. The lowest BCUT2D eigenvalue weighted by molar-refractivity contribution is 0.0951. The summed E-state index contributed by atoms with van der Waals surface area (Å²) in [5.74, 6) is 0.615. The minimum absolute atomic E-state index is 0.188. The predicted molar refractivity (Wildman–Crippen MR) is 142 cm³/mol. The SMILES string of the molecule is COc1cccc(-c2ccc(CNC(=O)c3cc(Br)cnc3-c3ccccc3)c3cnccc23)c1. The van der Waals surface area contributed by atoms with E-state index in [9.17, 15) is 4.79 Å². The molecule has 0 spiro atoms. The Balaban J connectivity index is 1.46. The van der Waals surface area contributed by atoms with Crippen molar-refractivity contribution in [2.24, 2.45) is 0 Å². The summed E-state index contributed by atoms with van der Waals surface area (Å²) >= 11 is 3.45. The van der Waals surface area contributed by atoms with Gasteiger partial charge in [0.05, 0.1) is 18.4 Å². The number of carbonyl (C=O) groups is 1. The summed E-state index contributed by atoms with van der Waals surface area (Å²) in [5, 5.41) is 5.13. The Bertz CT molecular complexity index is 1520.